The lowest BCUT2D eigenvalue weighted by atomic mass is 9.88. The molecule has 14 heteroatoms. The zero-order valence-electron chi connectivity index (χ0n) is 34.0. The van der Waals surface area contributed by atoms with Gasteiger partial charge in [-0.25, -0.2) is 18.6 Å². The molecule has 64 heavy (non-hydrogen) atoms. The average molecular weight is 926 g/mol. The number of phenolic OH excluding ortho intramolecular Hbond substituents is 1. The predicted molar refractivity (Wildman–Crippen MR) is 243 cm³/mol. The maximum absolute atomic E-state index is 14.8. The number of hydrogen-bond acceptors (Lipinski definition) is 7. The number of benzene rings is 6. The number of amides is 2. The van der Waals surface area contributed by atoms with E-state index in [0.717, 1.165) is 52.0 Å². The molecule has 1 aromatic heterocycles. The molecule has 0 aliphatic carbocycles. The van der Waals surface area contributed by atoms with Gasteiger partial charge in [-0.05, 0) is 85.1 Å². The van der Waals surface area contributed by atoms with Crippen LogP contribution in [0.5, 0.6) is 23.1 Å². The number of aromatic carboxylic acids is 1. The molecule has 0 saturated heterocycles. The van der Waals surface area contributed by atoms with E-state index in [-0.39, 0.29) is 61.6 Å². The molecular weight excluding hydrogens is 886 g/mol. The Morgan fingerprint density at radius 3 is 2.11 bits per heavy atom. The number of aliphatic imine (C=N–C) groups is 1. The summed E-state index contributed by atoms with van der Waals surface area (Å²) in [6.07, 6.45) is 2.87. The summed E-state index contributed by atoms with van der Waals surface area (Å²) in [7, 11) is 0. The topological polar surface area (TPSA) is 173 Å². The fourth-order valence-corrected chi connectivity index (χ4v) is 7.98. The molecule has 8 rings (SSSR count). The summed E-state index contributed by atoms with van der Waals surface area (Å²) in [5, 5.41) is 37.9. The fourth-order valence-electron chi connectivity index (χ4n) is 7.62. The summed E-state index contributed by atoms with van der Waals surface area (Å²) in [5.74, 6) is -4.31. The Bertz CT molecular complexity index is 3140. The van der Waals surface area contributed by atoms with E-state index < -0.39 is 29.3 Å². The number of unbranched alkanes of at least 4 members (excludes halogenated alkanes) is 3. The minimum Gasteiger partial charge on any atom is -0.505 e. The van der Waals surface area contributed by atoms with Crippen molar-refractivity contribution in [2.45, 2.75) is 25.7 Å². The van der Waals surface area contributed by atoms with Gasteiger partial charge in [-0.1, -0.05) is 77.8 Å². The van der Waals surface area contributed by atoms with Crippen molar-refractivity contribution < 1.29 is 43.2 Å². The number of carboxylic acid groups (broad SMARTS) is 1. The average Bonchev–Trinajstić information content (AvgIpc) is 3.61. The maximum Gasteiger partial charge on any atom is 0.336 e. The number of aromatic nitrogens is 1. The van der Waals surface area contributed by atoms with Gasteiger partial charge in [0.05, 0.1) is 28.0 Å². The van der Waals surface area contributed by atoms with E-state index in [1.807, 2.05) is 48.5 Å². The second-order valence-electron chi connectivity index (χ2n) is 15.1. The van der Waals surface area contributed by atoms with Crippen LogP contribution >= 0.6 is 15.9 Å². The van der Waals surface area contributed by atoms with Crippen LogP contribution in [0.1, 0.15) is 79.0 Å². The van der Waals surface area contributed by atoms with Crippen molar-refractivity contribution in [3.05, 3.63) is 181 Å². The summed E-state index contributed by atoms with van der Waals surface area (Å²) < 4.78 is 36.1. The van der Waals surface area contributed by atoms with Gasteiger partial charge < -0.3 is 35.7 Å². The Hall–Kier alpha value is -7.58. The van der Waals surface area contributed by atoms with Crippen molar-refractivity contribution in [3.8, 4) is 23.1 Å². The van der Waals surface area contributed by atoms with Crippen molar-refractivity contribution in [3.63, 3.8) is 0 Å². The molecule has 6 N–H and O–H groups in total. The third-order valence-electron chi connectivity index (χ3n) is 10.8. The van der Waals surface area contributed by atoms with Gasteiger partial charge in [0.1, 0.15) is 17.3 Å². The first-order chi connectivity index (χ1) is 30.9. The van der Waals surface area contributed by atoms with Crippen LogP contribution in [-0.4, -0.2) is 56.9 Å². The summed E-state index contributed by atoms with van der Waals surface area (Å²) in [6, 6.07) is 30.7. The first kappa shape index (κ1) is 43.1. The normalized spacial score (nSPS) is 12.0. The van der Waals surface area contributed by atoms with E-state index in [1.165, 1.54) is 24.3 Å². The van der Waals surface area contributed by atoms with Crippen LogP contribution in [0.4, 0.5) is 14.5 Å². The number of nitrogens with one attached hydrogen (secondary N) is 3. The number of aromatic amines is 1. The smallest absolute Gasteiger partial charge is 0.336 e. The molecule has 1 aliphatic heterocycles. The van der Waals surface area contributed by atoms with Crippen LogP contribution in [0.2, 0.25) is 0 Å². The van der Waals surface area contributed by atoms with Gasteiger partial charge in [0.15, 0.2) is 17.4 Å². The SMILES string of the molecule is C=c1cc2c(cc1F)=C(c1ccc(C(=O)NCCCCCCNC(=O)c3ccc(N=C(c4ccccc4)c4c(O)[nH]c5cc(Br)ccc45)cc3)cc1C(=O)O)c1cc(F)c(O)cc1O2. The highest BCUT2D eigenvalue weighted by atomic mass is 79.9. The summed E-state index contributed by atoms with van der Waals surface area (Å²) in [4.78, 5) is 46.6. The lowest BCUT2D eigenvalue weighted by molar-refractivity contribution is 0.0696. The van der Waals surface area contributed by atoms with Crippen molar-refractivity contribution in [1.82, 2.24) is 15.6 Å². The minimum atomic E-state index is -1.37. The Morgan fingerprint density at radius 1 is 0.719 bits per heavy atom. The number of carbonyl (C=O) groups is 3. The molecule has 7 aromatic rings. The highest BCUT2D eigenvalue weighted by Crippen LogP contribution is 2.40. The molecule has 0 unspecified atom stereocenters. The third-order valence-corrected chi connectivity index (χ3v) is 11.3. The first-order valence-electron chi connectivity index (χ1n) is 20.3. The Balaban J connectivity index is 0.849. The second-order valence-corrected chi connectivity index (χ2v) is 16.0. The number of phenols is 1. The molecule has 0 bridgehead atoms. The third kappa shape index (κ3) is 8.99. The van der Waals surface area contributed by atoms with Gasteiger partial charge in [-0.2, -0.15) is 0 Å². The molecule has 1 aliphatic rings. The molecule has 0 saturated carbocycles. The maximum atomic E-state index is 14.8. The van der Waals surface area contributed by atoms with Gasteiger partial charge in [-0.3, -0.25) is 9.59 Å². The van der Waals surface area contributed by atoms with Crippen molar-refractivity contribution in [1.29, 1.82) is 0 Å². The van der Waals surface area contributed by atoms with Gasteiger partial charge in [0.2, 0.25) is 0 Å². The van der Waals surface area contributed by atoms with Gasteiger partial charge in [0, 0.05) is 67.3 Å². The van der Waals surface area contributed by atoms with E-state index in [0.29, 0.717) is 48.5 Å². The van der Waals surface area contributed by atoms with E-state index in [4.69, 9.17) is 9.73 Å². The number of carbonyl (C=O) groups excluding carboxylic acids is 2. The lowest BCUT2D eigenvalue weighted by Gasteiger charge is -2.23. The minimum absolute atomic E-state index is 0.00116. The van der Waals surface area contributed by atoms with Gasteiger partial charge in [0.25, 0.3) is 11.8 Å². The molecule has 322 valence electrons. The summed E-state index contributed by atoms with van der Waals surface area (Å²) in [6.45, 7) is 4.41. The molecular formula is C50H39BrF2N4O7. The van der Waals surface area contributed by atoms with Crippen LogP contribution in [0.3, 0.4) is 0 Å². The molecule has 6 aromatic carbocycles. The number of H-pyrrole nitrogens is 1. The van der Waals surface area contributed by atoms with Crippen LogP contribution in [0, 0.1) is 11.6 Å². The quantitative estimate of drug-likeness (QED) is 0.0467. The van der Waals surface area contributed by atoms with E-state index >= 15 is 0 Å². The van der Waals surface area contributed by atoms with Gasteiger partial charge in [-0.15, -0.1) is 0 Å². The Kier molecular flexibility index (Phi) is 12.4. The monoisotopic (exact) mass is 924 g/mol. The van der Waals surface area contributed by atoms with Crippen molar-refractivity contribution in [2.75, 3.05) is 13.1 Å². The number of hydrogen-bond donors (Lipinski definition) is 6. The predicted octanol–water partition coefficient (Wildman–Crippen LogP) is 8.97. The zero-order valence-corrected chi connectivity index (χ0v) is 35.6. The number of nitrogens with zero attached hydrogens (tertiary/aromatic N) is 1. The molecule has 2 amide bonds. The van der Waals surface area contributed by atoms with Crippen LogP contribution in [0.25, 0.3) is 23.1 Å². The van der Waals surface area contributed by atoms with E-state index in [1.54, 1.807) is 24.3 Å². The second kappa shape index (κ2) is 18.4. The number of aromatic hydroxyl groups is 2. The summed E-state index contributed by atoms with van der Waals surface area (Å²) >= 11 is 3.48. The number of ether oxygens (including phenoxy) is 1. The Morgan fingerprint density at radius 2 is 1.41 bits per heavy atom. The van der Waals surface area contributed by atoms with Gasteiger partial charge >= 0.3 is 5.97 Å². The van der Waals surface area contributed by atoms with Crippen LogP contribution in [0.15, 0.2) is 125 Å². The largest absolute Gasteiger partial charge is 0.505 e. The number of fused-ring (bicyclic) bond motifs is 3. The fraction of sp³-hybridized carbons (Fsp3) is 0.120. The van der Waals surface area contributed by atoms with E-state index in [9.17, 15) is 38.5 Å². The molecule has 0 spiro atoms. The first-order valence-corrected chi connectivity index (χ1v) is 21.1. The number of rotatable bonds is 14. The molecule has 0 radical (unpaired) electrons. The van der Waals surface area contributed by atoms with Crippen LogP contribution < -0.4 is 25.8 Å². The van der Waals surface area contributed by atoms with Crippen molar-refractivity contribution >= 4 is 68.2 Å². The lowest BCUT2D eigenvalue weighted by Crippen LogP contribution is -2.26. The molecule has 0 fully saturated rings. The van der Waals surface area contributed by atoms with Crippen LogP contribution in [-0.2, 0) is 0 Å². The number of halogens is 3. The molecule has 2 heterocycles. The van der Waals surface area contributed by atoms with E-state index in [2.05, 4.69) is 38.1 Å². The number of carboxylic acids is 1. The standard InChI is InChI=1S/C50H39BrF2N4O7/c1-27-21-42-36(24-38(27)52)44(37-25-39(53)41(58)26-43(37)64-42)33-17-13-30(22-35(33)50(62)63)48(60)55-20-8-3-2-7-19-54-47(59)29-11-15-32(16-12-29)56-46(28-9-5-4-6-10-28)45-34-18-14-31(51)23-40(34)57-49(45)61/h4-6,9-18,21-26,57-58,61H,1-3,7-8,19-20H2,(H,54,59)(H,55,60)(H,62,63). The Labute approximate surface area is 373 Å². The highest BCUT2D eigenvalue weighted by Gasteiger charge is 2.27. The molecule has 0 atom stereocenters. The van der Waals surface area contributed by atoms with Crippen molar-refractivity contribution in [2.24, 2.45) is 4.99 Å². The highest BCUT2D eigenvalue weighted by molar-refractivity contribution is 9.10. The summed E-state index contributed by atoms with van der Waals surface area (Å²) in [5.41, 5.74) is 3.89. The zero-order chi connectivity index (χ0) is 45.1. The molecule has 11 nitrogen and oxygen atoms in total.